The van der Waals surface area contributed by atoms with Crippen molar-refractivity contribution in [1.29, 1.82) is 0 Å². The van der Waals surface area contributed by atoms with Gasteiger partial charge in [0, 0.05) is 31.4 Å². The number of ether oxygens (including phenoxy) is 1. The monoisotopic (exact) mass is 234 g/mol. The first-order chi connectivity index (χ1) is 8.20. The van der Waals surface area contributed by atoms with Gasteiger partial charge in [-0.2, -0.15) is 0 Å². The van der Waals surface area contributed by atoms with Crippen molar-refractivity contribution in [1.82, 2.24) is 0 Å². The summed E-state index contributed by atoms with van der Waals surface area (Å²) in [5.74, 6) is 0. The molecule has 1 fully saturated rings. The van der Waals surface area contributed by atoms with Crippen LogP contribution < -0.4 is 10.6 Å². The van der Waals surface area contributed by atoms with E-state index in [0.717, 1.165) is 19.4 Å². The quantitative estimate of drug-likeness (QED) is 0.871. The van der Waals surface area contributed by atoms with Gasteiger partial charge in [0.1, 0.15) is 0 Å². The Labute approximate surface area is 104 Å². The number of hydrogen-bond acceptors (Lipinski definition) is 3. The van der Waals surface area contributed by atoms with Crippen LogP contribution in [0.2, 0.25) is 0 Å². The minimum atomic E-state index is 0.364. The molecule has 0 aromatic heterocycles. The second-order valence-electron chi connectivity index (χ2n) is 4.93. The van der Waals surface area contributed by atoms with Crippen LogP contribution in [0.4, 0.5) is 5.69 Å². The normalized spacial score (nSPS) is 25.0. The molecule has 2 rings (SSSR count). The first-order valence-electron chi connectivity index (χ1n) is 6.31. The Morgan fingerprint density at radius 2 is 2.29 bits per heavy atom. The lowest BCUT2D eigenvalue weighted by Gasteiger charge is -2.38. The molecule has 1 aliphatic rings. The molecule has 1 aromatic rings. The predicted molar refractivity (Wildman–Crippen MR) is 71.2 cm³/mol. The largest absolute Gasteiger partial charge is 0.380 e. The van der Waals surface area contributed by atoms with Gasteiger partial charge in [0.15, 0.2) is 0 Å². The Morgan fingerprint density at radius 1 is 1.47 bits per heavy atom. The van der Waals surface area contributed by atoms with Crippen molar-refractivity contribution in [2.45, 2.75) is 38.5 Å². The van der Waals surface area contributed by atoms with Crippen LogP contribution in [0, 0.1) is 0 Å². The Hall–Kier alpha value is -1.06. The van der Waals surface area contributed by atoms with Gasteiger partial charge in [-0.1, -0.05) is 12.1 Å². The lowest BCUT2D eigenvalue weighted by Crippen LogP contribution is -2.45. The summed E-state index contributed by atoms with van der Waals surface area (Å²) in [6.07, 6.45) is 2.16. The van der Waals surface area contributed by atoms with Crippen molar-refractivity contribution in [2.24, 2.45) is 5.73 Å². The summed E-state index contributed by atoms with van der Waals surface area (Å²) in [4.78, 5) is 2.45. The highest BCUT2D eigenvalue weighted by atomic mass is 16.5. The maximum atomic E-state index is 6.00. The zero-order chi connectivity index (χ0) is 12.3. The number of hydrogen-bond donors (Lipinski definition) is 1. The van der Waals surface area contributed by atoms with E-state index in [2.05, 4.69) is 36.1 Å². The predicted octanol–water partition coefficient (Wildman–Crippen LogP) is 2.15. The molecular weight excluding hydrogens is 212 g/mol. The Bertz CT molecular complexity index is 367. The number of methoxy groups -OCH3 is 1. The highest BCUT2D eigenvalue weighted by Crippen LogP contribution is 2.25. The average Bonchev–Trinajstić information content (AvgIpc) is 2.29. The summed E-state index contributed by atoms with van der Waals surface area (Å²) in [7, 11) is 1.73. The van der Waals surface area contributed by atoms with Gasteiger partial charge in [-0.15, -0.1) is 0 Å². The van der Waals surface area contributed by atoms with Crippen molar-refractivity contribution in [2.75, 3.05) is 18.6 Å². The standard InChI is InChI=1S/C14H22N2O/c1-11-8-13(15)6-7-16(11)14-5-3-4-12(9-14)10-17-2/h3-5,9,11,13H,6-8,10,15H2,1-2H3. The number of piperidine rings is 1. The fraction of sp³-hybridized carbons (Fsp3) is 0.571. The van der Waals surface area contributed by atoms with Crippen molar-refractivity contribution >= 4 is 5.69 Å². The third-order valence-corrected chi connectivity index (χ3v) is 3.47. The molecule has 1 aromatic carbocycles. The number of anilines is 1. The van der Waals surface area contributed by atoms with E-state index >= 15 is 0 Å². The molecule has 0 saturated carbocycles. The van der Waals surface area contributed by atoms with Crippen molar-refractivity contribution < 1.29 is 4.74 Å². The Morgan fingerprint density at radius 3 is 3.00 bits per heavy atom. The molecule has 3 nitrogen and oxygen atoms in total. The molecule has 94 valence electrons. The van der Waals surface area contributed by atoms with E-state index in [-0.39, 0.29) is 0 Å². The molecular formula is C14H22N2O. The van der Waals surface area contributed by atoms with Crippen LogP contribution in [0.25, 0.3) is 0 Å². The van der Waals surface area contributed by atoms with Gasteiger partial charge in [0.25, 0.3) is 0 Å². The highest BCUT2D eigenvalue weighted by Gasteiger charge is 2.23. The molecule has 0 bridgehead atoms. The molecule has 0 aliphatic carbocycles. The zero-order valence-corrected chi connectivity index (χ0v) is 10.7. The maximum absolute atomic E-state index is 6.00. The van der Waals surface area contributed by atoms with Gasteiger partial charge in [-0.05, 0) is 37.5 Å². The SMILES string of the molecule is COCc1cccc(N2CCC(N)CC2C)c1. The van der Waals surface area contributed by atoms with E-state index in [1.807, 2.05) is 0 Å². The van der Waals surface area contributed by atoms with Crippen LogP contribution in [0.3, 0.4) is 0 Å². The number of nitrogens with zero attached hydrogens (tertiary/aromatic N) is 1. The van der Waals surface area contributed by atoms with Gasteiger partial charge in [-0.3, -0.25) is 0 Å². The second-order valence-corrected chi connectivity index (χ2v) is 4.93. The summed E-state index contributed by atoms with van der Waals surface area (Å²) in [6, 6.07) is 9.49. The minimum absolute atomic E-state index is 0.364. The second kappa shape index (κ2) is 5.52. The van der Waals surface area contributed by atoms with E-state index < -0.39 is 0 Å². The molecule has 0 spiro atoms. The summed E-state index contributed by atoms with van der Waals surface area (Å²) in [6.45, 7) is 3.98. The van der Waals surface area contributed by atoms with Crippen LogP contribution in [-0.2, 0) is 11.3 Å². The zero-order valence-electron chi connectivity index (χ0n) is 10.7. The highest BCUT2D eigenvalue weighted by molar-refractivity contribution is 5.49. The molecule has 17 heavy (non-hydrogen) atoms. The lowest BCUT2D eigenvalue weighted by atomic mass is 9.98. The lowest BCUT2D eigenvalue weighted by molar-refractivity contribution is 0.185. The molecule has 0 radical (unpaired) electrons. The van der Waals surface area contributed by atoms with Crippen LogP contribution in [0.15, 0.2) is 24.3 Å². The summed E-state index contributed by atoms with van der Waals surface area (Å²) in [5, 5.41) is 0. The van der Waals surface area contributed by atoms with E-state index in [4.69, 9.17) is 10.5 Å². The first kappa shape index (κ1) is 12.4. The summed E-state index contributed by atoms with van der Waals surface area (Å²) in [5.41, 5.74) is 8.52. The van der Waals surface area contributed by atoms with Gasteiger partial charge >= 0.3 is 0 Å². The molecule has 1 saturated heterocycles. The molecule has 2 N–H and O–H groups in total. The van der Waals surface area contributed by atoms with Crippen LogP contribution in [-0.4, -0.2) is 25.7 Å². The number of rotatable bonds is 3. The van der Waals surface area contributed by atoms with Gasteiger partial charge in [-0.25, -0.2) is 0 Å². The fourth-order valence-electron chi connectivity index (χ4n) is 2.58. The van der Waals surface area contributed by atoms with Gasteiger partial charge in [0.2, 0.25) is 0 Å². The van der Waals surface area contributed by atoms with E-state index in [1.54, 1.807) is 7.11 Å². The minimum Gasteiger partial charge on any atom is -0.380 e. The van der Waals surface area contributed by atoms with E-state index in [9.17, 15) is 0 Å². The topological polar surface area (TPSA) is 38.5 Å². The van der Waals surface area contributed by atoms with Crippen molar-refractivity contribution in [3.63, 3.8) is 0 Å². The van der Waals surface area contributed by atoms with E-state index in [1.165, 1.54) is 11.3 Å². The fourth-order valence-corrected chi connectivity index (χ4v) is 2.58. The smallest absolute Gasteiger partial charge is 0.0713 e. The van der Waals surface area contributed by atoms with Crippen LogP contribution in [0.5, 0.6) is 0 Å². The summed E-state index contributed by atoms with van der Waals surface area (Å²) >= 11 is 0. The third-order valence-electron chi connectivity index (χ3n) is 3.47. The Kier molecular flexibility index (Phi) is 4.02. The molecule has 2 unspecified atom stereocenters. The van der Waals surface area contributed by atoms with Crippen LogP contribution in [0.1, 0.15) is 25.3 Å². The van der Waals surface area contributed by atoms with E-state index in [0.29, 0.717) is 18.7 Å². The molecule has 1 aliphatic heterocycles. The third kappa shape index (κ3) is 2.99. The Balaban J connectivity index is 2.13. The molecule has 0 amide bonds. The number of nitrogens with two attached hydrogens (primary N) is 1. The van der Waals surface area contributed by atoms with Crippen molar-refractivity contribution in [3.8, 4) is 0 Å². The molecule has 1 heterocycles. The maximum Gasteiger partial charge on any atom is 0.0713 e. The summed E-state index contributed by atoms with van der Waals surface area (Å²) < 4.78 is 5.18. The number of benzene rings is 1. The van der Waals surface area contributed by atoms with Gasteiger partial charge < -0.3 is 15.4 Å². The van der Waals surface area contributed by atoms with Gasteiger partial charge in [0.05, 0.1) is 6.61 Å². The average molecular weight is 234 g/mol. The molecule has 2 atom stereocenters. The van der Waals surface area contributed by atoms with Crippen LogP contribution >= 0.6 is 0 Å². The molecule has 3 heteroatoms. The first-order valence-corrected chi connectivity index (χ1v) is 6.31. The van der Waals surface area contributed by atoms with Crippen molar-refractivity contribution in [3.05, 3.63) is 29.8 Å².